The summed E-state index contributed by atoms with van der Waals surface area (Å²) in [5.74, 6) is -0.463. The number of hydrogen-bond donors (Lipinski definition) is 0. The van der Waals surface area contributed by atoms with Crippen molar-refractivity contribution in [1.82, 2.24) is 23.5 Å². The van der Waals surface area contributed by atoms with Crippen molar-refractivity contribution in [1.29, 1.82) is 0 Å². The van der Waals surface area contributed by atoms with Crippen LogP contribution in [0.15, 0.2) is 34.2 Å². The Balaban J connectivity index is 1.81. The van der Waals surface area contributed by atoms with E-state index in [0.29, 0.717) is 10.1 Å². The summed E-state index contributed by atoms with van der Waals surface area (Å²) >= 11 is 0. The van der Waals surface area contributed by atoms with Gasteiger partial charge in [0.2, 0.25) is 0 Å². The van der Waals surface area contributed by atoms with Crippen molar-refractivity contribution in [2.24, 2.45) is 20.0 Å². The number of aromatic nitrogens is 5. The standard InChI is InChI=1S/C22H20F3N5O4S/c1-4-35(33,34)21-16(27-15-9-12(7-8-30(15)21)18(31)11-5-6-11)19-26-13-10-14(22(23,24)25)28(2)20(32)17(13)29(19)3/h7-11H,4-6H2,1-3H3. The highest BCUT2D eigenvalue weighted by Crippen LogP contribution is 2.35. The molecular weight excluding hydrogens is 487 g/mol. The van der Waals surface area contributed by atoms with Crippen LogP contribution in [0.5, 0.6) is 0 Å². The molecule has 184 valence electrons. The van der Waals surface area contributed by atoms with E-state index in [0.717, 1.165) is 26.0 Å². The molecule has 0 radical (unpaired) electrons. The molecule has 4 heterocycles. The van der Waals surface area contributed by atoms with Crippen LogP contribution in [-0.2, 0) is 30.1 Å². The lowest BCUT2D eigenvalue weighted by Gasteiger charge is -2.11. The first-order chi connectivity index (χ1) is 16.3. The molecule has 0 saturated heterocycles. The largest absolute Gasteiger partial charge is 0.431 e. The van der Waals surface area contributed by atoms with Crippen LogP contribution >= 0.6 is 0 Å². The summed E-state index contributed by atoms with van der Waals surface area (Å²) < 4.78 is 69.5. The minimum absolute atomic E-state index is 0.0513. The van der Waals surface area contributed by atoms with Crippen molar-refractivity contribution in [3.8, 4) is 11.5 Å². The summed E-state index contributed by atoms with van der Waals surface area (Å²) in [5.41, 5.74) is -2.02. The van der Waals surface area contributed by atoms with Gasteiger partial charge < -0.3 is 9.13 Å². The highest BCUT2D eigenvalue weighted by atomic mass is 32.2. The lowest BCUT2D eigenvalue weighted by Crippen LogP contribution is -2.26. The Morgan fingerprint density at radius 1 is 1.14 bits per heavy atom. The molecule has 35 heavy (non-hydrogen) atoms. The first-order valence-electron chi connectivity index (χ1n) is 10.8. The predicted octanol–water partition coefficient (Wildman–Crippen LogP) is 2.99. The van der Waals surface area contributed by atoms with Crippen molar-refractivity contribution in [3.05, 3.63) is 46.0 Å². The number of sulfone groups is 1. The molecule has 0 bridgehead atoms. The van der Waals surface area contributed by atoms with Crippen molar-refractivity contribution in [2.75, 3.05) is 5.75 Å². The second kappa shape index (κ2) is 7.51. The van der Waals surface area contributed by atoms with E-state index in [1.54, 1.807) is 0 Å². The van der Waals surface area contributed by atoms with E-state index >= 15 is 0 Å². The van der Waals surface area contributed by atoms with E-state index in [1.165, 1.54) is 41.3 Å². The van der Waals surface area contributed by atoms with Crippen molar-refractivity contribution in [2.45, 2.75) is 31.0 Å². The second-order valence-corrected chi connectivity index (χ2v) is 10.8. The van der Waals surface area contributed by atoms with E-state index in [-0.39, 0.29) is 50.7 Å². The SMILES string of the molecule is CCS(=O)(=O)c1c(-c2nc3cc(C(F)(F)F)n(C)c(=O)c3n2C)nc2cc(C(=O)C3CC3)ccn12. The van der Waals surface area contributed by atoms with E-state index in [4.69, 9.17) is 0 Å². The third kappa shape index (κ3) is 3.56. The number of ketones is 1. The maximum atomic E-state index is 13.4. The number of halogens is 3. The number of alkyl halides is 3. The van der Waals surface area contributed by atoms with Crippen LogP contribution in [0.25, 0.3) is 28.2 Å². The molecule has 1 saturated carbocycles. The van der Waals surface area contributed by atoms with Gasteiger partial charge in [0.25, 0.3) is 5.56 Å². The van der Waals surface area contributed by atoms with Crippen LogP contribution in [0.3, 0.4) is 0 Å². The predicted molar refractivity (Wildman–Crippen MR) is 120 cm³/mol. The molecule has 0 atom stereocenters. The van der Waals surface area contributed by atoms with Crippen molar-refractivity contribution in [3.63, 3.8) is 0 Å². The van der Waals surface area contributed by atoms with Gasteiger partial charge in [0, 0.05) is 31.8 Å². The van der Waals surface area contributed by atoms with Gasteiger partial charge in [-0.2, -0.15) is 13.2 Å². The molecule has 13 heteroatoms. The highest BCUT2D eigenvalue weighted by Gasteiger charge is 2.36. The Morgan fingerprint density at radius 3 is 2.43 bits per heavy atom. The molecule has 4 aromatic heterocycles. The molecule has 0 amide bonds. The summed E-state index contributed by atoms with van der Waals surface area (Å²) in [6, 6.07) is 3.76. The molecule has 0 aromatic carbocycles. The number of pyridine rings is 2. The maximum Gasteiger partial charge on any atom is 0.431 e. The van der Waals surface area contributed by atoms with E-state index < -0.39 is 27.3 Å². The number of imidazole rings is 2. The molecule has 0 spiro atoms. The first kappa shape index (κ1) is 23.3. The fourth-order valence-corrected chi connectivity index (χ4v) is 5.35. The number of rotatable bonds is 5. The van der Waals surface area contributed by atoms with Gasteiger partial charge in [-0.1, -0.05) is 6.92 Å². The smallest absolute Gasteiger partial charge is 0.321 e. The molecule has 9 nitrogen and oxygen atoms in total. The fraction of sp³-hybridized carbons (Fsp3) is 0.364. The highest BCUT2D eigenvalue weighted by molar-refractivity contribution is 7.91. The number of fused-ring (bicyclic) bond motifs is 2. The van der Waals surface area contributed by atoms with Crippen LogP contribution in [0.4, 0.5) is 13.2 Å². The molecule has 4 aromatic rings. The van der Waals surface area contributed by atoms with Gasteiger partial charge in [0.1, 0.15) is 22.6 Å². The summed E-state index contributed by atoms with van der Waals surface area (Å²) in [7, 11) is -1.48. The lowest BCUT2D eigenvalue weighted by molar-refractivity contribution is -0.143. The van der Waals surface area contributed by atoms with Gasteiger partial charge in [-0.25, -0.2) is 18.4 Å². The van der Waals surface area contributed by atoms with E-state index in [9.17, 15) is 31.2 Å². The Labute approximate surface area is 196 Å². The van der Waals surface area contributed by atoms with Gasteiger partial charge in [-0.3, -0.25) is 14.0 Å². The van der Waals surface area contributed by atoms with Crippen LogP contribution in [-0.4, -0.2) is 43.5 Å². The van der Waals surface area contributed by atoms with Crippen LogP contribution < -0.4 is 5.56 Å². The van der Waals surface area contributed by atoms with Gasteiger partial charge in [-0.05, 0) is 31.0 Å². The molecule has 1 aliphatic rings. The van der Waals surface area contributed by atoms with Crippen LogP contribution in [0.2, 0.25) is 0 Å². The Kier molecular flexibility index (Phi) is 4.99. The number of carbonyl (C=O) groups is 1. The van der Waals surface area contributed by atoms with Crippen LogP contribution in [0.1, 0.15) is 35.8 Å². The molecule has 0 aliphatic heterocycles. The number of Topliss-reactive ketones (excluding diaryl/α,β-unsaturated/α-hetero) is 1. The zero-order valence-corrected chi connectivity index (χ0v) is 19.7. The lowest BCUT2D eigenvalue weighted by atomic mass is 10.1. The molecule has 1 aliphatic carbocycles. The summed E-state index contributed by atoms with van der Waals surface area (Å²) in [6.07, 6.45) is -1.75. The summed E-state index contributed by atoms with van der Waals surface area (Å²) in [4.78, 5) is 33.9. The third-order valence-corrected chi connectivity index (χ3v) is 8.00. The van der Waals surface area contributed by atoms with E-state index in [2.05, 4.69) is 9.97 Å². The fourth-order valence-electron chi connectivity index (χ4n) is 4.19. The average Bonchev–Trinajstić information content (AvgIpc) is 3.49. The molecule has 0 unspecified atom stereocenters. The minimum atomic E-state index is -4.79. The maximum absolute atomic E-state index is 13.4. The van der Waals surface area contributed by atoms with Gasteiger partial charge in [-0.15, -0.1) is 0 Å². The molecule has 0 N–H and O–H groups in total. The quantitative estimate of drug-likeness (QED) is 0.385. The molecule has 1 fully saturated rings. The second-order valence-electron chi connectivity index (χ2n) is 8.57. The minimum Gasteiger partial charge on any atom is -0.321 e. The monoisotopic (exact) mass is 507 g/mol. The zero-order chi connectivity index (χ0) is 25.4. The average molecular weight is 507 g/mol. The summed E-state index contributed by atoms with van der Waals surface area (Å²) in [5, 5.41) is -0.216. The van der Waals surface area contributed by atoms with Gasteiger partial charge in [0.15, 0.2) is 26.5 Å². The molecular formula is C22H20F3N5O4S. The third-order valence-electron chi connectivity index (χ3n) is 6.26. The Bertz CT molecular complexity index is 1710. The molecule has 5 rings (SSSR count). The number of nitrogens with zero attached hydrogens (tertiary/aromatic N) is 5. The normalized spacial score (nSPS) is 14.8. The summed E-state index contributed by atoms with van der Waals surface area (Å²) in [6.45, 7) is 1.45. The van der Waals surface area contributed by atoms with Crippen molar-refractivity contribution >= 4 is 32.3 Å². The first-order valence-corrected chi connectivity index (χ1v) is 12.4. The number of aryl methyl sites for hydroxylation is 1. The topological polar surface area (TPSA) is 108 Å². The van der Waals surface area contributed by atoms with Gasteiger partial charge in [0.05, 0.1) is 11.3 Å². The number of carbonyl (C=O) groups excluding carboxylic acids is 1. The zero-order valence-electron chi connectivity index (χ0n) is 18.9. The van der Waals surface area contributed by atoms with Crippen LogP contribution in [0, 0.1) is 5.92 Å². The van der Waals surface area contributed by atoms with E-state index in [1.807, 2.05) is 0 Å². The van der Waals surface area contributed by atoms with Gasteiger partial charge >= 0.3 is 6.18 Å². The van der Waals surface area contributed by atoms with Crippen molar-refractivity contribution < 1.29 is 26.4 Å². The Morgan fingerprint density at radius 2 is 1.83 bits per heavy atom. The number of hydrogen-bond acceptors (Lipinski definition) is 6. The Hall–Kier alpha value is -3.48.